The standard InChI is InChI=1S/C7H8S.Na/c1-6-2-4-7(8)5-3-6;/h2-5,8H,1H3;. The van der Waals surface area contributed by atoms with Crippen molar-refractivity contribution >= 4 is 42.2 Å². The summed E-state index contributed by atoms with van der Waals surface area (Å²) in [7, 11) is 0. The summed E-state index contributed by atoms with van der Waals surface area (Å²) in [6.45, 7) is 2.06. The summed E-state index contributed by atoms with van der Waals surface area (Å²) in [6, 6.07) is 8.06. The van der Waals surface area contributed by atoms with E-state index in [1.807, 2.05) is 24.3 Å². The van der Waals surface area contributed by atoms with Crippen LogP contribution in [0.4, 0.5) is 0 Å². The molecule has 0 amide bonds. The minimum absolute atomic E-state index is 0. The van der Waals surface area contributed by atoms with E-state index in [9.17, 15) is 0 Å². The Morgan fingerprint density at radius 2 is 1.56 bits per heavy atom. The Morgan fingerprint density at radius 1 is 1.11 bits per heavy atom. The molecule has 0 unspecified atom stereocenters. The van der Waals surface area contributed by atoms with Gasteiger partial charge in [0.15, 0.2) is 0 Å². The molecule has 2 heteroatoms. The van der Waals surface area contributed by atoms with Crippen LogP contribution in [0.15, 0.2) is 29.2 Å². The molecule has 0 saturated carbocycles. The van der Waals surface area contributed by atoms with Crippen LogP contribution in [0.1, 0.15) is 5.56 Å². The zero-order chi connectivity index (χ0) is 5.98. The van der Waals surface area contributed by atoms with E-state index in [0.29, 0.717) is 0 Å². The van der Waals surface area contributed by atoms with E-state index in [1.165, 1.54) is 5.56 Å². The summed E-state index contributed by atoms with van der Waals surface area (Å²) >= 11 is 4.13. The van der Waals surface area contributed by atoms with Gasteiger partial charge < -0.3 is 0 Å². The Bertz CT molecular complexity index is 148. The van der Waals surface area contributed by atoms with Gasteiger partial charge in [-0.25, -0.2) is 0 Å². The first-order chi connectivity index (χ1) is 3.79. The van der Waals surface area contributed by atoms with Crippen LogP contribution in [0.3, 0.4) is 0 Å². The third kappa shape index (κ3) is 3.31. The molecule has 0 saturated heterocycles. The maximum atomic E-state index is 4.13. The van der Waals surface area contributed by atoms with E-state index in [4.69, 9.17) is 0 Å². The van der Waals surface area contributed by atoms with E-state index < -0.39 is 0 Å². The summed E-state index contributed by atoms with van der Waals surface area (Å²) in [5.74, 6) is 0. The number of hydrogen-bond acceptors (Lipinski definition) is 1. The smallest absolute Gasteiger partial charge is 0.00401 e. The van der Waals surface area contributed by atoms with Gasteiger partial charge in [0.1, 0.15) is 0 Å². The Labute approximate surface area is 83.4 Å². The predicted molar refractivity (Wildman–Crippen MR) is 44.2 cm³/mol. The van der Waals surface area contributed by atoms with Crippen LogP contribution in [-0.2, 0) is 0 Å². The average molecular weight is 147 g/mol. The van der Waals surface area contributed by atoms with Gasteiger partial charge in [0.2, 0.25) is 0 Å². The van der Waals surface area contributed by atoms with Gasteiger partial charge in [0, 0.05) is 34.5 Å². The van der Waals surface area contributed by atoms with Crippen molar-refractivity contribution in [1.82, 2.24) is 0 Å². The largest absolute Gasteiger partial charge is 0.143 e. The Kier molecular flexibility index (Phi) is 4.67. The molecule has 0 nitrogen and oxygen atoms in total. The molecule has 0 fully saturated rings. The van der Waals surface area contributed by atoms with Gasteiger partial charge in [-0.15, -0.1) is 12.6 Å². The van der Waals surface area contributed by atoms with Crippen molar-refractivity contribution in [1.29, 1.82) is 0 Å². The van der Waals surface area contributed by atoms with Crippen LogP contribution in [-0.4, -0.2) is 29.6 Å². The van der Waals surface area contributed by atoms with Crippen molar-refractivity contribution in [2.75, 3.05) is 0 Å². The van der Waals surface area contributed by atoms with Crippen molar-refractivity contribution in [3.8, 4) is 0 Å². The van der Waals surface area contributed by atoms with E-state index in [-0.39, 0.29) is 29.6 Å². The molecule has 9 heavy (non-hydrogen) atoms. The van der Waals surface area contributed by atoms with Gasteiger partial charge in [-0.3, -0.25) is 0 Å². The number of hydrogen-bond donors (Lipinski definition) is 1. The molecule has 0 atom stereocenters. The molecule has 0 aliphatic rings. The molecule has 1 aromatic rings. The summed E-state index contributed by atoms with van der Waals surface area (Å²) < 4.78 is 0. The molecular weight excluding hydrogens is 139 g/mol. The van der Waals surface area contributed by atoms with Gasteiger partial charge in [-0.05, 0) is 19.1 Å². The fourth-order valence-electron chi connectivity index (χ4n) is 0.545. The van der Waals surface area contributed by atoms with E-state index in [0.717, 1.165) is 4.90 Å². The number of rotatable bonds is 0. The maximum Gasteiger partial charge on any atom is 0.00401 e. The topological polar surface area (TPSA) is 0 Å². The van der Waals surface area contributed by atoms with Crippen LogP contribution in [0.5, 0.6) is 0 Å². The zero-order valence-electron chi connectivity index (χ0n) is 5.76. The van der Waals surface area contributed by atoms with Crippen LogP contribution in [0.2, 0.25) is 0 Å². The fourth-order valence-corrected chi connectivity index (χ4v) is 0.694. The van der Waals surface area contributed by atoms with Gasteiger partial charge in [-0.2, -0.15) is 0 Å². The van der Waals surface area contributed by atoms with Crippen molar-refractivity contribution < 1.29 is 0 Å². The minimum atomic E-state index is 0. The first kappa shape index (κ1) is 9.57. The fraction of sp³-hybridized carbons (Fsp3) is 0.143. The van der Waals surface area contributed by atoms with Crippen LogP contribution < -0.4 is 0 Å². The Balaban J connectivity index is 0.000000640. The SMILES string of the molecule is Cc1ccc(S)cc1.[Na]. The molecule has 0 N–H and O–H groups in total. The number of thiol groups is 1. The van der Waals surface area contributed by atoms with Crippen LogP contribution in [0, 0.1) is 6.92 Å². The summed E-state index contributed by atoms with van der Waals surface area (Å²) in [5, 5.41) is 0. The van der Waals surface area contributed by atoms with Crippen molar-refractivity contribution in [3.05, 3.63) is 29.8 Å². The molecule has 1 rings (SSSR count). The monoisotopic (exact) mass is 147 g/mol. The van der Waals surface area contributed by atoms with Gasteiger partial charge in [-0.1, -0.05) is 17.7 Å². The molecule has 0 aliphatic carbocycles. The van der Waals surface area contributed by atoms with Gasteiger partial charge >= 0.3 is 0 Å². The second-order valence-electron chi connectivity index (χ2n) is 1.84. The Hall–Kier alpha value is 0.570. The third-order valence-corrected chi connectivity index (χ3v) is 1.33. The quantitative estimate of drug-likeness (QED) is 0.420. The van der Waals surface area contributed by atoms with Crippen LogP contribution in [0.25, 0.3) is 0 Å². The molecule has 43 valence electrons. The second-order valence-corrected chi connectivity index (χ2v) is 2.35. The first-order valence-electron chi connectivity index (χ1n) is 2.54. The predicted octanol–water partition coefficient (Wildman–Crippen LogP) is 1.90. The van der Waals surface area contributed by atoms with E-state index in [2.05, 4.69) is 19.6 Å². The normalized spacial score (nSPS) is 8.22. The molecule has 0 heterocycles. The van der Waals surface area contributed by atoms with E-state index in [1.54, 1.807) is 0 Å². The molecule has 0 bridgehead atoms. The third-order valence-electron chi connectivity index (χ3n) is 1.03. The summed E-state index contributed by atoms with van der Waals surface area (Å²) in [5.41, 5.74) is 1.28. The van der Waals surface area contributed by atoms with Crippen LogP contribution >= 0.6 is 12.6 Å². The van der Waals surface area contributed by atoms with Crippen molar-refractivity contribution in [3.63, 3.8) is 0 Å². The van der Waals surface area contributed by atoms with Gasteiger partial charge in [0.25, 0.3) is 0 Å². The molecule has 0 aliphatic heterocycles. The van der Waals surface area contributed by atoms with Crippen molar-refractivity contribution in [2.24, 2.45) is 0 Å². The number of aryl methyl sites for hydroxylation is 1. The van der Waals surface area contributed by atoms with Gasteiger partial charge in [0.05, 0.1) is 0 Å². The maximum absolute atomic E-state index is 4.13. The summed E-state index contributed by atoms with van der Waals surface area (Å²) in [4.78, 5) is 1.02. The molecule has 0 aromatic heterocycles. The van der Waals surface area contributed by atoms with Crippen molar-refractivity contribution in [2.45, 2.75) is 11.8 Å². The Morgan fingerprint density at radius 3 is 1.89 bits per heavy atom. The molecule has 0 spiro atoms. The second kappa shape index (κ2) is 4.40. The zero-order valence-corrected chi connectivity index (χ0v) is 8.65. The molecular formula is C7H8NaS. The number of benzene rings is 1. The molecule has 1 radical (unpaired) electrons. The average Bonchev–Trinajstić information content (AvgIpc) is 1.77. The summed E-state index contributed by atoms with van der Waals surface area (Å²) in [6.07, 6.45) is 0. The molecule has 1 aromatic carbocycles. The van der Waals surface area contributed by atoms with E-state index >= 15 is 0 Å². The first-order valence-corrected chi connectivity index (χ1v) is 2.99. The minimum Gasteiger partial charge on any atom is -0.143 e.